The van der Waals surface area contributed by atoms with E-state index in [9.17, 15) is 18.0 Å². The number of nitrogens with one attached hydrogen (secondary N) is 3. The first-order chi connectivity index (χ1) is 14.2. The van der Waals surface area contributed by atoms with Crippen LogP contribution < -0.4 is 16.0 Å². The van der Waals surface area contributed by atoms with E-state index in [1.807, 2.05) is 13.8 Å². The highest BCUT2D eigenvalue weighted by Gasteiger charge is 2.31. The van der Waals surface area contributed by atoms with Crippen LogP contribution in [0.15, 0.2) is 42.5 Å². The van der Waals surface area contributed by atoms with Crippen LogP contribution >= 0.6 is 11.6 Å². The van der Waals surface area contributed by atoms with Gasteiger partial charge in [-0.3, -0.25) is 9.59 Å². The van der Waals surface area contributed by atoms with E-state index in [0.29, 0.717) is 27.5 Å². The summed E-state index contributed by atoms with van der Waals surface area (Å²) < 4.78 is 25.2. The average Bonchev–Trinajstić information content (AvgIpc) is 2.69. The Morgan fingerprint density at radius 3 is 2.63 bits per heavy atom. The maximum absolute atomic E-state index is 12.6. The van der Waals surface area contributed by atoms with Gasteiger partial charge in [0.15, 0.2) is 9.84 Å². The Morgan fingerprint density at radius 2 is 1.93 bits per heavy atom. The summed E-state index contributed by atoms with van der Waals surface area (Å²) >= 11 is 6.06. The first kappa shape index (κ1) is 22.1. The minimum atomic E-state index is -3.60. The smallest absolute Gasteiger partial charge is 0.251 e. The summed E-state index contributed by atoms with van der Waals surface area (Å²) in [5.74, 6) is -1.32. The normalized spacial score (nSPS) is 16.8. The number of rotatable bonds is 7. The number of hydrogen-bond acceptors (Lipinski definition) is 5. The summed E-state index contributed by atoms with van der Waals surface area (Å²) in [5, 5.41) is 8.90. The molecule has 2 amide bonds. The Balaban J connectivity index is 1.72. The minimum absolute atomic E-state index is 0.0361. The molecule has 0 spiro atoms. The van der Waals surface area contributed by atoms with Crippen molar-refractivity contribution < 1.29 is 18.0 Å². The van der Waals surface area contributed by atoms with Crippen LogP contribution in [0.2, 0.25) is 5.02 Å². The molecular weight excluding hydrogens is 426 g/mol. The van der Waals surface area contributed by atoms with Crippen LogP contribution in [0.3, 0.4) is 0 Å². The Hall–Kier alpha value is -2.58. The average molecular weight is 450 g/mol. The number of carbonyl (C=O) groups is 2. The van der Waals surface area contributed by atoms with Gasteiger partial charge in [-0.1, -0.05) is 36.7 Å². The van der Waals surface area contributed by atoms with Crippen molar-refractivity contribution in [1.82, 2.24) is 5.32 Å². The molecule has 7 nitrogen and oxygen atoms in total. The molecule has 1 aliphatic rings. The predicted molar refractivity (Wildman–Crippen MR) is 119 cm³/mol. The molecule has 1 aliphatic heterocycles. The van der Waals surface area contributed by atoms with Crippen molar-refractivity contribution >= 4 is 44.6 Å². The monoisotopic (exact) mass is 449 g/mol. The molecule has 1 heterocycles. The summed E-state index contributed by atoms with van der Waals surface area (Å²) in [4.78, 5) is 24.8. The van der Waals surface area contributed by atoms with E-state index in [1.54, 1.807) is 42.5 Å². The summed E-state index contributed by atoms with van der Waals surface area (Å²) in [6.45, 7) is 3.88. The molecule has 0 fully saturated rings. The van der Waals surface area contributed by atoms with Gasteiger partial charge in [0.25, 0.3) is 5.91 Å². The van der Waals surface area contributed by atoms with Gasteiger partial charge in [0.2, 0.25) is 5.91 Å². The van der Waals surface area contributed by atoms with Gasteiger partial charge < -0.3 is 16.0 Å². The van der Waals surface area contributed by atoms with Crippen molar-refractivity contribution in [2.75, 3.05) is 16.4 Å². The third-order valence-electron chi connectivity index (χ3n) is 4.93. The number of sulfone groups is 1. The van der Waals surface area contributed by atoms with Crippen molar-refractivity contribution in [1.29, 1.82) is 0 Å². The van der Waals surface area contributed by atoms with Crippen molar-refractivity contribution in [3.63, 3.8) is 0 Å². The number of hydrogen-bond donors (Lipinski definition) is 3. The van der Waals surface area contributed by atoms with Crippen molar-refractivity contribution in [2.24, 2.45) is 0 Å². The van der Waals surface area contributed by atoms with Crippen molar-refractivity contribution in [2.45, 2.75) is 38.1 Å². The summed E-state index contributed by atoms with van der Waals surface area (Å²) in [6.07, 6.45) is 0.805. The van der Waals surface area contributed by atoms with Gasteiger partial charge in [-0.15, -0.1) is 0 Å². The maximum Gasteiger partial charge on any atom is 0.251 e. The molecule has 0 radical (unpaired) electrons. The van der Waals surface area contributed by atoms with Gasteiger partial charge >= 0.3 is 0 Å². The van der Waals surface area contributed by atoms with Crippen LogP contribution in [-0.4, -0.2) is 38.1 Å². The number of anilines is 2. The number of carbonyl (C=O) groups excluding carboxylic acids is 2. The predicted octanol–water partition coefficient (Wildman–Crippen LogP) is 3.22. The van der Waals surface area contributed by atoms with Crippen LogP contribution in [0.4, 0.5) is 11.4 Å². The minimum Gasteiger partial charge on any atom is -0.371 e. The van der Waals surface area contributed by atoms with Gasteiger partial charge in [-0.05, 0) is 43.2 Å². The molecule has 2 atom stereocenters. The van der Waals surface area contributed by atoms with E-state index in [1.165, 1.54) is 0 Å². The van der Waals surface area contributed by atoms with E-state index in [0.717, 1.165) is 6.42 Å². The molecule has 2 unspecified atom stereocenters. The molecule has 160 valence electrons. The third-order valence-corrected chi connectivity index (χ3v) is 6.89. The second-order valence-corrected chi connectivity index (χ2v) is 9.89. The molecule has 0 aliphatic carbocycles. The molecular formula is C21H24ClN3O4S. The molecule has 0 saturated carbocycles. The summed E-state index contributed by atoms with van der Waals surface area (Å²) in [6, 6.07) is 10.7. The third kappa shape index (κ3) is 5.31. The lowest BCUT2D eigenvalue weighted by Gasteiger charge is -2.27. The summed E-state index contributed by atoms with van der Waals surface area (Å²) in [7, 11) is -3.60. The first-order valence-electron chi connectivity index (χ1n) is 9.64. The van der Waals surface area contributed by atoms with Gasteiger partial charge in [0, 0.05) is 16.6 Å². The highest BCUT2D eigenvalue weighted by atomic mass is 35.5. The molecule has 0 saturated heterocycles. The molecule has 30 heavy (non-hydrogen) atoms. The Kier molecular flexibility index (Phi) is 6.67. The highest BCUT2D eigenvalue weighted by Crippen LogP contribution is 2.29. The lowest BCUT2D eigenvalue weighted by molar-refractivity contribution is -0.116. The van der Waals surface area contributed by atoms with Crippen LogP contribution in [0, 0.1) is 0 Å². The molecule has 3 N–H and O–H groups in total. The van der Waals surface area contributed by atoms with Crippen LogP contribution in [0.5, 0.6) is 0 Å². The lowest BCUT2D eigenvalue weighted by atomic mass is 10.1. The van der Waals surface area contributed by atoms with Gasteiger partial charge in [0.05, 0.1) is 22.9 Å². The van der Waals surface area contributed by atoms with Crippen molar-refractivity contribution in [3.05, 3.63) is 58.6 Å². The number of fused-ring (bicyclic) bond motifs is 1. The maximum atomic E-state index is 12.6. The van der Waals surface area contributed by atoms with Crippen molar-refractivity contribution in [3.8, 4) is 0 Å². The topological polar surface area (TPSA) is 104 Å². The molecule has 2 aromatic rings. The second kappa shape index (κ2) is 9.06. The Morgan fingerprint density at radius 1 is 1.20 bits per heavy atom. The fourth-order valence-corrected chi connectivity index (χ4v) is 4.95. The molecule has 0 aromatic heterocycles. The fourth-order valence-electron chi connectivity index (χ4n) is 3.08. The zero-order valence-corrected chi connectivity index (χ0v) is 18.3. The number of amides is 2. The van der Waals surface area contributed by atoms with Crippen LogP contribution in [0.25, 0.3) is 0 Å². The van der Waals surface area contributed by atoms with Gasteiger partial charge in [-0.25, -0.2) is 8.42 Å². The molecule has 3 rings (SSSR count). The standard InChI is InChI=1S/C21H24ClN3O4S/c1-3-13(2)23-20(26)14-8-9-17-18(10-14)25-21(27)19(24-17)12-30(28,29)11-15-6-4-5-7-16(15)22/h4-10,13,19,24H,3,11-12H2,1-2H3,(H,23,26)(H,25,27). The Bertz CT molecular complexity index is 1070. The fraction of sp³-hybridized carbons (Fsp3) is 0.333. The SMILES string of the molecule is CCC(C)NC(=O)c1ccc2c(c1)NC(=O)C(CS(=O)(=O)Cc1ccccc1Cl)N2. The molecule has 9 heteroatoms. The highest BCUT2D eigenvalue weighted by molar-refractivity contribution is 7.90. The second-order valence-electron chi connectivity index (χ2n) is 7.38. The largest absolute Gasteiger partial charge is 0.371 e. The van der Waals surface area contributed by atoms with E-state index < -0.39 is 21.8 Å². The van der Waals surface area contributed by atoms with Crippen LogP contribution in [0.1, 0.15) is 36.2 Å². The zero-order valence-electron chi connectivity index (χ0n) is 16.7. The van der Waals surface area contributed by atoms with Gasteiger partial charge in [-0.2, -0.15) is 0 Å². The van der Waals surface area contributed by atoms with E-state index in [2.05, 4.69) is 16.0 Å². The molecule has 2 aromatic carbocycles. The lowest BCUT2D eigenvalue weighted by Crippen LogP contribution is -2.43. The number of benzene rings is 2. The van der Waals surface area contributed by atoms with E-state index in [4.69, 9.17) is 11.6 Å². The first-order valence-corrected chi connectivity index (χ1v) is 11.8. The molecule has 0 bridgehead atoms. The zero-order chi connectivity index (χ0) is 21.9. The van der Waals surface area contributed by atoms with Gasteiger partial charge in [0.1, 0.15) is 6.04 Å². The quantitative estimate of drug-likeness (QED) is 0.602. The summed E-state index contributed by atoms with van der Waals surface area (Å²) in [5.41, 5.74) is 1.91. The number of halogens is 1. The van der Waals surface area contributed by atoms with Crippen LogP contribution in [-0.2, 0) is 20.4 Å². The van der Waals surface area contributed by atoms with E-state index >= 15 is 0 Å². The Labute approximate surface area is 181 Å². The van der Waals surface area contributed by atoms with E-state index in [-0.39, 0.29) is 23.5 Å².